The van der Waals surface area contributed by atoms with Crippen LogP contribution in [0, 0.1) is 0 Å². The van der Waals surface area contributed by atoms with Crippen molar-refractivity contribution in [2.24, 2.45) is 0 Å². The fourth-order valence-corrected chi connectivity index (χ4v) is 2.16. The number of hydrogen-bond donors (Lipinski definition) is 1. The fraction of sp³-hybridized carbons (Fsp3) is 0.471. The highest BCUT2D eigenvalue weighted by Gasteiger charge is 2.12. The highest BCUT2D eigenvalue weighted by molar-refractivity contribution is 5.30. The van der Waals surface area contributed by atoms with Gasteiger partial charge in [0.05, 0.1) is 17.9 Å². The van der Waals surface area contributed by atoms with Crippen molar-refractivity contribution >= 4 is 0 Å². The molecule has 0 saturated heterocycles. The number of hydrogen-bond acceptors (Lipinski definition) is 3. The van der Waals surface area contributed by atoms with Gasteiger partial charge in [-0.05, 0) is 51.5 Å². The predicted molar refractivity (Wildman–Crippen MR) is 83.5 cm³/mol. The summed E-state index contributed by atoms with van der Waals surface area (Å²) in [6.07, 6.45) is 2.01. The van der Waals surface area contributed by atoms with Gasteiger partial charge in [-0.25, -0.2) is 0 Å². The monoisotopic (exact) mass is 288 g/mol. The third-order valence-corrected chi connectivity index (χ3v) is 3.21. The van der Waals surface area contributed by atoms with E-state index in [4.69, 9.17) is 4.74 Å². The minimum absolute atomic E-state index is 0.124. The Balaban J connectivity index is 2.06. The summed E-state index contributed by atoms with van der Waals surface area (Å²) in [6.45, 7) is 8.14. The normalized spacial score (nSPS) is 12.9. The lowest BCUT2D eigenvalue weighted by Crippen LogP contribution is -2.08. The molecule has 0 aliphatic rings. The Labute approximate surface area is 126 Å². The SMILES string of the molecule is CC(C)Oc1cccc(C(O)Cc2ccn(C(C)C)n2)c1. The van der Waals surface area contributed by atoms with E-state index in [1.54, 1.807) is 0 Å². The molecule has 0 fully saturated rings. The zero-order chi connectivity index (χ0) is 15.4. The Morgan fingerprint density at radius 1 is 1.19 bits per heavy atom. The molecule has 21 heavy (non-hydrogen) atoms. The van der Waals surface area contributed by atoms with Gasteiger partial charge < -0.3 is 9.84 Å². The number of nitrogens with zero attached hydrogens (tertiary/aromatic N) is 2. The molecule has 4 heteroatoms. The maximum Gasteiger partial charge on any atom is 0.120 e. The van der Waals surface area contributed by atoms with Gasteiger partial charge in [-0.3, -0.25) is 4.68 Å². The minimum atomic E-state index is -0.573. The highest BCUT2D eigenvalue weighted by atomic mass is 16.5. The van der Waals surface area contributed by atoms with Gasteiger partial charge in [-0.2, -0.15) is 5.10 Å². The van der Waals surface area contributed by atoms with E-state index in [9.17, 15) is 5.11 Å². The third kappa shape index (κ3) is 4.33. The summed E-state index contributed by atoms with van der Waals surface area (Å²) in [6, 6.07) is 9.91. The first-order valence-corrected chi connectivity index (χ1v) is 7.44. The van der Waals surface area contributed by atoms with E-state index in [0.717, 1.165) is 17.0 Å². The number of rotatable bonds is 6. The number of aromatic nitrogens is 2. The average molecular weight is 288 g/mol. The second-order valence-electron chi connectivity index (χ2n) is 5.84. The van der Waals surface area contributed by atoms with E-state index in [0.29, 0.717) is 12.5 Å². The van der Waals surface area contributed by atoms with Crippen LogP contribution in [0.15, 0.2) is 36.5 Å². The molecular weight excluding hydrogens is 264 g/mol. The lowest BCUT2D eigenvalue weighted by atomic mass is 10.0. The van der Waals surface area contributed by atoms with Gasteiger partial charge in [0.2, 0.25) is 0 Å². The summed E-state index contributed by atoms with van der Waals surface area (Å²) in [4.78, 5) is 0. The van der Waals surface area contributed by atoms with Crippen molar-refractivity contribution < 1.29 is 9.84 Å². The van der Waals surface area contributed by atoms with E-state index in [1.807, 2.05) is 55.1 Å². The van der Waals surface area contributed by atoms with Crippen LogP contribution in [0.5, 0.6) is 5.75 Å². The van der Waals surface area contributed by atoms with Gasteiger partial charge in [0.15, 0.2) is 0 Å². The second kappa shape index (κ2) is 6.76. The van der Waals surface area contributed by atoms with Crippen LogP contribution in [-0.2, 0) is 6.42 Å². The molecule has 1 unspecified atom stereocenters. The topological polar surface area (TPSA) is 47.3 Å². The van der Waals surface area contributed by atoms with Crippen LogP contribution >= 0.6 is 0 Å². The molecule has 0 amide bonds. The van der Waals surface area contributed by atoms with Crippen LogP contribution in [0.2, 0.25) is 0 Å². The Bertz CT molecular complexity index is 576. The maximum absolute atomic E-state index is 10.4. The van der Waals surface area contributed by atoms with Crippen molar-refractivity contribution in [2.45, 2.75) is 52.4 Å². The van der Waals surface area contributed by atoms with Crippen molar-refractivity contribution in [1.29, 1.82) is 0 Å². The van der Waals surface area contributed by atoms with E-state index >= 15 is 0 Å². The van der Waals surface area contributed by atoms with Crippen LogP contribution < -0.4 is 4.74 Å². The zero-order valence-electron chi connectivity index (χ0n) is 13.2. The average Bonchev–Trinajstić information content (AvgIpc) is 2.87. The Morgan fingerprint density at radius 3 is 2.57 bits per heavy atom. The first-order chi connectivity index (χ1) is 9.95. The summed E-state index contributed by atoms with van der Waals surface area (Å²) in [5, 5.41) is 14.8. The van der Waals surface area contributed by atoms with Gasteiger partial charge in [-0.15, -0.1) is 0 Å². The molecule has 0 aliphatic heterocycles. The van der Waals surface area contributed by atoms with Crippen LogP contribution in [0.3, 0.4) is 0 Å². The molecule has 0 spiro atoms. The smallest absolute Gasteiger partial charge is 0.120 e. The van der Waals surface area contributed by atoms with Gasteiger partial charge in [0, 0.05) is 18.7 Å². The molecule has 1 aromatic heterocycles. The van der Waals surface area contributed by atoms with E-state index in [-0.39, 0.29) is 6.10 Å². The van der Waals surface area contributed by atoms with E-state index in [2.05, 4.69) is 18.9 Å². The van der Waals surface area contributed by atoms with E-state index < -0.39 is 6.10 Å². The van der Waals surface area contributed by atoms with Crippen LogP contribution in [-0.4, -0.2) is 21.0 Å². The lowest BCUT2D eigenvalue weighted by Gasteiger charge is -2.14. The fourth-order valence-electron chi connectivity index (χ4n) is 2.16. The quantitative estimate of drug-likeness (QED) is 0.884. The molecule has 0 bridgehead atoms. The molecule has 2 aromatic rings. The lowest BCUT2D eigenvalue weighted by molar-refractivity contribution is 0.175. The highest BCUT2D eigenvalue weighted by Crippen LogP contribution is 2.23. The Hall–Kier alpha value is -1.81. The van der Waals surface area contributed by atoms with Crippen molar-refractivity contribution in [3.05, 3.63) is 47.8 Å². The van der Waals surface area contributed by atoms with Crippen LogP contribution in [0.4, 0.5) is 0 Å². The molecule has 1 aromatic carbocycles. The zero-order valence-corrected chi connectivity index (χ0v) is 13.2. The molecular formula is C17H24N2O2. The van der Waals surface area contributed by atoms with Gasteiger partial charge in [-0.1, -0.05) is 12.1 Å². The minimum Gasteiger partial charge on any atom is -0.491 e. The maximum atomic E-state index is 10.4. The van der Waals surface area contributed by atoms with Crippen LogP contribution in [0.25, 0.3) is 0 Å². The first-order valence-electron chi connectivity index (χ1n) is 7.44. The van der Waals surface area contributed by atoms with Crippen molar-refractivity contribution in [3.8, 4) is 5.75 Å². The largest absolute Gasteiger partial charge is 0.491 e. The first kappa shape index (κ1) is 15.6. The van der Waals surface area contributed by atoms with Crippen molar-refractivity contribution in [2.75, 3.05) is 0 Å². The molecule has 1 atom stereocenters. The van der Waals surface area contributed by atoms with Gasteiger partial charge in [0.25, 0.3) is 0 Å². The van der Waals surface area contributed by atoms with E-state index in [1.165, 1.54) is 0 Å². The van der Waals surface area contributed by atoms with Gasteiger partial charge in [0.1, 0.15) is 5.75 Å². The number of benzene rings is 1. The third-order valence-electron chi connectivity index (χ3n) is 3.21. The Morgan fingerprint density at radius 2 is 1.95 bits per heavy atom. The van der Waals surface area contributed by atoms with Crippen molar-refractivity contribution in [3.63, 3.8) is 0 Å². The summed E-state index contributed by atoms with van der Waals surface area (Å²) in [5.74, 6) is 0.786. The number of aliphatic hydroxyl groups is 1. The molecule has 1 heterocycles. The summed E-state index contributed by atoms with van der Waals surface area (Å²) < 4.78 is 7.56. The molecule has 2 rings (SSSR count). The molecule has 4 nitrogen and oxygen atoms in total. The molecule has 0 radical (unpaired) electrons. The van der Waals surface area contributed by atoms with Crippen molar-refractivity contribution in [1.82, 2.24) is 9.78 Å². The number of ether oxygens (including phenoxy) is 1. The predicted octanol–water partition coefficient (Wildman–Crippen LogP) is 3.53. The van der Waals surface area contributed by atoms with Gasteiger partial charge >= 0.3 is 0 Å². The Kier molecular flexibility index (Phi) is 5.02. The summed E-state index contributed by atoms with van der Waals surface area (Å²) in [5.41, 5.74) is 1.75. The summed E-state index contributed by atoms with van der Waals surface area (Å²) >= 11 is 0. The standard InChI is InChI=1S/C17H24N2O2/c1-12(2)19-9-8-15(18-19)11-17(20)14-6-5-7-16(10-14)21-13(3)4/h5-10,12-13,17,20H,11H2,1-4H3. The molecule has 0 aliphatic carbocycles. The van der Waals surface area contributed by atoms with Crippen LogP contribution in [0.1, 0.15) is 51.1 Å². The summed E-state index contributed by atoms with van der Waals surface area (Å²) in [7, 11) is 0. The molecule has 0 saturated carbocycles. The second-order valence-corrected chi connectivity index (χ2v) is 5.84. The molecule has 1 N–H and O–H groups in total. The molecule has 114 valence electrons. The number of aliphatic hydroxyl groups excluding tert-OH is 1.